The van der Waals surface area contributed by atoms with E-state index in [1.807, 2.05) is 32.0 Å². The SMILES string of the molecule is COc1cc(CC(=O)Nc2nc(-c3ccc(F)c(F)c3)c(C)s2)ccc1C. The molecule has 7 heteroatoms. The lowest BCUT2D eigenvalue weighted by Crippen LogP contribution is -2.14. The number of carbonyl (C=O) groups is 1. The number of nitrogens with one attached hydrogen (secondary N) is 1. The Labute approximate surface area is 159 Å². The molecular formula is C20H18F2N2O2S. The molecule has 2 aromatic carbocycles. The van der Waals surface area contributed by atoms with Gasteiger partial charge in [0.1, 0.15) is 5.75 Å². The van der Waals surface area contributed by atoms with Crippen LogP contribution in [-0.2, 0) is 11.2 Å². The van der Waals surface area contributed by atoms with Gasteiger partial charge in [0.15, 0.2) is 16.8 Å². The summed E-state index contributed by atoms with van der Waals surface area (Å²) in [5, 5.41) is 3.17. The lowest BCUT2D eigenvalue weighted by Gasteiger charge is -2.07. The van der Waals surface area contributed by atoms with Gasteiger partial charge in [-0.3, -0.25) is 4.79 Å². The van der Waals surface area contributed by atoms with E-state index in [0.717, 1.165) is 33.9 Å². The number of halogens is 2. The van der Waals surface area contributed by atoms with Gasteiger partial charge in [0.25, 0.3) is 0 Å². The fourth-order valence-electron chi connectivity index (χ4n) is 2.68. The number of aryl methyl sites for hydroxylation is 2. The highest BCUT2D eigenvalue weighted by Crippen LogP contribution is 2.31. The number of anilines is 1. The van der Waals surface area contributed by atoms with Crippen LogP contribution in [0.5, 0.6) is 5.75 Å². The zero-order valence-electron chi connectivity index (χ0n) is 15.1. The minimum atomic E-state index is -0.932. The van der Waals surface area contributed by atoms with Crippen molar-refractivity contribution in [3.63, 3.8) is 0 Å². The summed E-state index contributed by atoms with van der Waals surface area (Å²) >= 11 is 1.28. The minimum absolute atomic E-state index is 0.176. The molecule has 140 valence electrons. The predicted octanol–water partition coefficient (Wildman–Crippen LogP) is 4.89. The summed E-state index contributed by atoms with van der Waals surface area (Å²) in [5.41, 5.74) is 2.80. The van der Waals surface area contributed by atoms with Crippen molar-refractivity contribution in [1.29, 1.82) is 0 Å². The van der Waals surface area contributed by atoms with Gasteiger partial charge in [0.05, 0.1) is 19.2 Å². The van der Waals surface area contributed by atoms with Gasteiger partial charge in [-0.1, -0.05) is 12.1 Å². The maximum Gasteiger partial charge on any atom is 0.230 e. The van der Waals surface area contributed by atoms with Gasteiger partial charge in [0, 0.05) is 10.4 Å². The number of carbonyl (C=O) groups excluding carboxylic acids is 1. The Hall–Kier alpha value is -2.80. The number of nitrogens with zero attached hydrogens (tertiary/aromatic N) is 1. The zero-order chi connectivity index (χ0) is 19.6. The van der Waals surface area contributed by atoms with E-state index >= 15 is 0 Å². The number of aromatic nitrogens is 1. The highest BCUT2D eigenvalue weighted by Gasteiger charge is 2.14. The lowest BCUT2D eigenvalue weighted by molar-refractivity contribution is -0.115. The van der Waals surface area contributed by atoms with E-state index in [2.05, 4.69) is 10.3 Å². The molecule has 0 aliphatic rings. The van der Waals surface area contributed by atoms with Crippen molar-refractivity contribution < 1.29 is 18.3 Å². The number of ether oxygens (including phenoxy) is 1. The smallest absolute Gasteiger partial charge is 0.230 e. The van der Waals surface area contributed by atoms with Gasteiger partial charge in [-0.25, -0.2) is 13.8 Å². The van der Waals surface area contributed by atoms with Crippen LogP contribution in [0.2, 0.25) is 0 Å². The third-order valence-corrected chi connectivity index (χ3v) is 4.96. The number of thiazole rings is 1. The molecule has 0 aliphatic carbocycles. The molecule has 0 unspecified atom stereocenters. The van der Waals surface area contributed by atoms with Crippen LogP contribution in [-0.4, -0.2) is 18.0 Å². The van der Waals surface area contributed by atoms with Gasteiger partial charge in [-0.15, -0.1) is 11.3 Å². The highest BCUT2D eigenvalue weighted by molar-refractivity contribution is 7.16. The van der Waals surface area contributed by atoms with E-state index in [1.165, 1.54) is 17.4 Å². The molecule has 4 nitrogen and oxygen atoms in total. The Morgan fingerprint density at radius 2 is 1.93 bits per heavy atom. The van der Waals surface area contributed by atoms with E-state index in [1.54, 1.807) is 7.11 Å². The van der Waals surface area contributed by atoms with Gasteiger partial charge in [-0.2, -0.15) is 0 Å². The number of hydrogen-bond acceptors (Lipinski definition) is 4. The van der Waals surface area contributed by atoms with Gasteiger partial charge >= 0.3 is 0 Å². The van der Waals surface area contributed by atoms with Crippen molar-refractivity contribution in [2.24, 2.45) is 0 Å². The molecule has 1 N–H and O–H groups in total. The third-order valence-electron chi connectivity index (χ3n) is 4.07. The van der Waals surface area contributed by atoms with Crippen LogP contribution in [0.1, 0.15) is 16.0 Å². The van der Waals surface area contributed by atoms with E-state index in [-0.39, 0.29) is 12.3 Å². The predicted molar refractivity (Wildman–Crippen MR) is 102 cm³/mol. The molecule has 3 rings (SSSR count). The van der Waals surface area contributed by atoms with Crippen molar-refractivity contribution in [2.75, 3.05) is 12.4 Å². The van der Waals surface area contributed by atoms with Gasteiger partial charge < -0.3 is 10.1 Å². The molecule has 3 aromatic rings. The normalized spacial score (nSPS) is 10.7. The van der Waals surface area contributed by atoms with Crippen LogP contribution in [0.25, 0.3) is 11.3 Å². The van der Waals surface area contributed by atoms with Crippen molar-refractivity contribution in [3.05, 3.63) is 64.0 Å². The summed E-state index contributed by atoms with van der Waals surface area (Å²) in [5.74, 6) is -1.33. The Morgan fingerprint density at radius 1 is 1.15 bits per heavy atom. The second-order valence-corrected chi connectivity index (χ2v) is 7.28. The maximum absolute atomic E-state index is 13.5. The Bertz CT molecular complexity index is 1000. The van der Waals surface area contributed by atoms with E-state index in [0.29, 0.717) is 16.4 Å². The molecule has 1 heterocycles. The van der Waals surface area contributed by atoms with Crippen molar-refractivity contribution in [1.82, 2.24) is 4.98 Å². The standard InChI is InChI=1S/C20H18F2N2O2S/c1-11-4-5-13(8-17(11)26-3)9-18(25)23-20-24-19(12(2)27-20)14-6-7-15(21)16(22)10-14/h4-8,10H,9H2,1-3H3,(H,23,24,25). The number of amides is 1. The summed E-state index contributed by atoms with van der Waals surface area (Å²) in [6, 6.07) is 9.22. The molecule has 0 atom stereocenters. The first kappa shape index (κ1) is 19.0. The molecule has 0 fully saturated rings. The van der Waals surface area contributed by atoms with E-state index < -0.39 is 11.6 Å². The topological polar surface area (TPSA) is 51.2 Å². The Balaban J connectivity index is 1.74. The average molecular weight is 388 g/mol. The molecule has 0 spiro atoms. The summed E-state index contributed by atoms with van der Waals surface area (Å²) in [7, 11) is 1.59. The lowest BCUT2D eigenvalue weighted by atomic mass is 10.1. The number of methoxy groups -OCH3 is 1. The summed E-state index contributed by atoms with van der Waals surface area (Å²) in [6.07, 6.45) is 0.176. The second kappa shape index (κ2) is 7.84. The quantitative estimate of drug-likeness (QED) is 0.677. The molecule has 27 heavy (non-hydrogen) atoms. The largest absolute Gasteiger partial charge is 0.496 e. The molecule has 1 aromatic heterocycles. The molecule has 0 bridgehead atoms. The van der Waals surface area contributed by atoms with Gasteiger partial charge in [-0.05, 0) is 49.2 Å². The first-order valence-corrected chi connectivity index (χ1v) is 9.05. The fourth-order valence-corrected chi connectivity index (χ4v) is 3.54. The minimum Gasteiger partial charge on any atom is -0.496 e. The van der Waals surface area contributed by atoms with Crippen LogP contribution in [0.15, 0.2) is 36.4 Å². The molecule has 0 saturated heterocycles. The van der Waals surface area contributed by atoms with Crippen LogP contribution >= 0.6 is 11.3 Å². The monoisotopic (exact) mass is 388 g/mol. The second-order valence-electron chi connectivity index (χ2n) is 6.08. The Kier molecular flexibility index (Phi) is 5.51. The van der Waals surface area contributed by atoms with Crippen LogP contribution in [0, 0.1) is 25.5 Å². The van der Waals surface area contributed by atoms with Crippen LogP contribution < -0.4 is 10.1 Å². The average Bonchev–Trinajstić information content (AvgIpc) is 2.99. The Morgan fingerprint density at radius 3 is 2.63 bits per heavy atom. The van der Waals surface area contributed by atoms with E-state index in [9.17, 15) is 13.6 Å². The number of hydrogen-bond donors (Lipinski definition) is 1. The highest BCUT2D eigenvalue weighted by atomic mass is 32.1. The first-order chi connectivity index (χ1) is 12.9. The molecule has 0 radical (unpaired) electrons. The van der Waals surface area contributed by atoms with E-state index in [4.69, 9.17) is 4.74 Å². The summed E-state index contributed by atoms with van der Waals surface area (Å²) in [6.45, 7) is 3.75. The third kappa shape index (κ3) is 4.31. The number of benzene rings is 2. The number of rotatable bonds is 5. The van der Waals surface area contributed by atoms with Crippen molar-refractivity contribution in [3.8, 4) is 17.0 Å². The summed E-state index contributed by atoms with van der Waals surface area (Å²) in [4.78, 5) is 17.5. The first-order valence-electron chi connectivity index (χ1n) is 8.23. The maximum atomic E-state index is 13.5. The summed E-state index contributed by atoms with van der Waals surface area (Å²) < 4.78 is 31.9. The van der Waals surface area contributed by atoms with Crippen molar-refractivity contribution >= 4 is 22.4 Å². The molecule has 0 aliphatic heterocycles. The zero-order valence-corrected chi connectivity index (χ0v) is 15.9. The molecular weight excluding hydrogens is 370 g/mol. The van der Waals surface area contributed by atoms with Crippen LogP contribution in [0.3, 0.4) is 0 Å². The molecule has 1 amide bonds. The molecule has 0 saturated carbocycles. The van der Waals surface area contributed by atoms with Crippen LogP contribution in [0.4, 0.5) is 13.9 Å². The van der Waals surface area contributed by atoms with Crippen molar-refractivity contribution in [2.45, 2.75) is 20.3 Å². The van der Waals surface area contributed by atoms with Gasteiger partial charge in [0.2, 0.25) is 5.91 Å². The fraction of sp³-hybridized carbons (Fsp3) is 0.200.